The van der Waals surface area contributed by atoms with Crippen molar-refractivity contribution in [3.8, 4) is 0 Å². The average molecular weight is 454 g/mol. The molecule has 0 saturated carbocycles. The number of benzene rings is 2. The molecule has 3 rings (SSSR count). The van der Waals surface area contributed by atoms with E-state index in [1.54, 1.807) is 17.0 Å². The Morgan fingerprint density at radius 1 is 1.03 bits per heavy atom. The number of amides is 3. The second kappa shape index (κ2) is 11.1. The Labute approximate surface area is 194 Å². The van der Waals surface area contributed by atoms with Gasteiger partial charge in [0, 0.05) is 30.3 Å². The third-order valence-corrected chi connectivity index (χ3v) is 6.24. The van der Waals surface area contributed by atoms with Crippen molar-refractivity contribution < 1.29 is 18.8 Å². The van der Waals surface area contributed by atoms with Gasteiger partial charge in [-0.1, -0.05) is 24.6 Å². The van der Waals surface area contributed by atoms with Gasteiger partial charge in [-0.15, -0.1) is 0 Å². The smallest absolute Gasteiger partial charge is 0.253 e. The fourth-order valence-electron chi connectivity index (χ4n) is 4.05. The van der Waals surface area contributed by atoms with Crippen LogP contribution in [0, 0.1) is 18.7 Å². The fraction of sp³-hybridized carbons (Fsp3) is 0.423. The van der Waals surface area contributed by atoms with Crippen molar-refractivity contribution in [2.24, 2.45) is 5.92 Å². The van der Waals surface area contributed by atoms with Crippen LogP contribution in [0.25, 0.3) is 0 Å². The maximum atomic E-state index is 13.2. The molecule has 176 valence electrons. The monoisotopic (exact) mass is 453 g/mol. The molecule has 1 saturated heterocycles. The van der Waals surface area contributed by atoms with Gasteiger partial charge in [-0.3, -0.25) is 14.4 Å². The Hall–Kier alpha value is -3.22. The number of carbonyl (C=O) groups is 3. The highest BCUT2D eigenvalue weighted by Gasteiger charge is 2.34. The molecular weight excluding hydrogens is 421 g/mol. The predicted molar refractivity (Wildman–Crippen MR) is 125 cm³/mol. The summed E-state index contributed by atoms with van der Waals surface area (Å²) in [5, 5.41) is 5.94. The summed E-state index contributed by atoms with van der Waals surface area (Å²) in [6, 6.07) is 12.1. The number of likely N-dealkylation sites (tertiary alicyclic amines) is 1. The molecule has 7 heteroatoms. The number of halogens is 1. The van der Waals surface area contributed by atoms with Crippen LogP contribution in [0.1, 0.15) is 59.4 Å². The zero-order valence-corrected chi connectivity index (χ0v) is 19.4. The Morgan fingerprint density at radius 3 is 2.30 bits per heavy atom. The van der Waals surface area contributed by atoms with Crippen LogP contribution in [-0.2, 0) is 4.79 Å². The van der Waals surface area contributed by atoms with Gasteiger partial charge in [-0.25, -0.2) is 4.39 Å². The molecule has 6 nitrogen and oxygen atoms in total. The quantitative estimate of drug-likeness (QED) is 0.671. The number of hydrogen-bond acceptors (Lipinski definition) is 3. The summed E-state index contributed by atoms with van der Waals surface area (Å²) in [7, 11) is 0. The van der Waals surface area contributed by atoms with Crippen LogP contribution >= 0.6 is 0 Å². The van der Waals surface area contributed by atoms with E-state index in [0.717, 1.165) is 12.0 Å². The number of nitrogens with one attached hydrogen (secondary N) is 2. The predicted octanol–water partition coefficient (Wildman–Crippen LogP) is 3.70. The Bertz CT molecular complexity index is 985. The summed E-state index contributed by atoms with van der Waals surface area (Å²) in [4.78, 5) is 40.5. The summed E-state index contributed by atoms with van der Waals surface area (Å²) in [5.74, 6) is -1.12. The summed E-state index contributed by atoms with van der Waals surface area (Å²) < 4.78 is 13.2. The molecule has 3 amide bonds. The number of carbonyl (C=O) groups excluding carboxylic acids is 3. The van der Waals surface area contributed by atoms with Gasteiger partial charge in [0.05, 0.1) is 0 Å². The lowest BCUT2D eigenvalue weighted by Crippen LogP contribution is -2.55. The van der Waals surface area contributed by atoms with Crippen molar-refractivity contribution in [1.29, 1.82) is 0 Å². The van der Waals surface area contributed by atoms with Crippen molar-refractivity contribution in [1.82, 2.24) is 15.5 Å². The third-order valence-electron chi connectivity index (χ3n) is 6.24. The first-order valence-electron chi connectivity index (χ1n) is 11.5. The van der Waals surface area contributed by atoms with Crippen molar-refractivity contribution in [3.63, 3.8) is 0 Å². The topological polar surface area (TPSA) is 78.5 Å². The van der Waals surface area contributed by atoms with Crippen LogP contribution in [0.2, 0.25) is 0 Å². The van der Waals surface area contributed by atoms with Crippen LogP contribution in [0.5, 0.6) is 0 Å². The van der Waals surface area contributed by atoms with E-state index in [9.17, 15) is 18.8 Å². The van der Waals surface area contributed by atoms with Gasteiger partial charge in [0.15, 0.2) is 0 Å². The number of aryl methyl sites for hydroxylation is 1. The molecule has 2 aromatic carbocycles. The first-order chi connectivity index (χ1) is 15.8. The van der Waals surface area contributed by atoms with Gasteiger partial charge in [0.1, 0.15) is 11.9 Å². The van der Waals surface area contributed by atoms with E-state index in [4.69, 9.17) is 0 Å². The average Bonchev–Trinajstić information content (AvgIpc) is 2.82. The molecule has 1 heterocycles. The summed E-state index contributed by atoms with van der Waals surface area (Å²) in [5.41, 5.74) is 1.92. The molecule has 0 aliphatic carbocycles. The summed E-state index contributed by atoms with van der Waals surface area (Å²) in [6.07, 6.45) is 1.95. The van der Waals surface area contributed by atoms with E-state index in [-0.39, 0.29) is 35.5 Å². The minimum atomic E-state index is -0.685. The number of hydrogen-bond donors (Lipinski definition) is 2. The van der Waals surface area contributed by atoms with Crippen molar-refractivity contribution in [2.45, 2.75) is 52.1 Å². The Kier molecular flexibility index (Phi) is 8.20. The van der Waals surface area contributed by atoms with Crippen molar-refractivity contribution in [2.75, 3.05) is 13.1 Å². The lowest BCUT2D eigenvalue weighted by molar-refractivity contribution is -0.125. The zero-order valence-electron chi connectivity index (χ0n) is 19.4. The van der Waals surface area contributed by atoms with Gasteiger partial charge < -0.3 is 15.5 Å². The second-order valence-corrected chi connectivity index (χ2v) is 8.78. The van der Waals surface area contributed by atoms with Gasteiger partial charge in [-0.2, -0.15) is 0 Å². The Balaban J connectivity index is 1.70. The first-order valence-corrected chi connectivity index (χ1v) is 11.5. The van der Waals surface area contributed by atoms with Gasteiger partial charge in [-0.05, 0) is 75.4 Å². The molecule has 2 aromatic rings. The third kappa shape index (κ3) is 6.40. The fourth-order valence-corrected chi connectivity index (χ4v) is 4.05. The van der Waals surface area contributed by atoms with E-state index in [0.29, 0.717) is 37.1 Å². The maximum absolute atomic E-state index is 13.2. The standard InChI is InChI=1S/C26H32FN3O3/c1-4-18(3)28-25(32)23(29-24(31)21-7-5-6-17(2)16-21)19-12-14-30(15-13-19)26(33)20-8-10-22(27)11-9-20/h5-11,16,18-19,23H,4,12-15H2,1-3H3,(H,28,32)(H,29,31)/t18-,23+/m0/s1. The van der Waals surface area contributed by atoms with Gasteiger partial charge in [0.25, 0.3) is 11.8 Å². The number of rotatable bonds is 7. The second-order valence-electron chi connectivity index (χ2n) is 8.78. The molecule has 2 N–H and O–H groups in total. The van der Waals surface area contributed by atoms with Crippen LogP contribution in [-0.4, -0.2) is 47.8 Å². The Morgan fingerprint density at radius 2 is 1.70 bits per heavy atom. The molecule has 1 aliphatic rings. The highest BCUT2D eigenvalue weighted by Crippen LogP contribution is 2.23. The molecule has 33 heavy (non-hydrogen) atoms. The molecule has 1 aliphatic heterocycles. The van der Waals surface area contributed by atoms with E-state index in [1.807, 2.05) is 32.9 Å². The largest absolute Gasteiger partial charge is 0.352 e. The summed E-state index contributed by atoms with van der Waals surface area (Å²) >= 11 is 0. The SMILES string of the molecule is CC[C@H](C)NC(=O)[C@H](NC(=O)c1cccc(C)c1)C1CCN(C(=O)c2ccc(F)cc2)CC1. The molecule has 0 aromatic heterocycles. The minimum absolute atomic E-state index is 0.00369. The number of piperidine rings is 1. The highest BCUT2D eigenvalue weighted by atomic mass is 19.1. The van der Waals surface area contributed by atoms with Crippen LogP contribution in [0.15, 0.2) is 48.5 Å². The lowest BCUT2D eigenvalue weighted by atomic mass is 9.88. The van der Waals surface area contributed by atoms with Crippen molar-refractivity contribution in [3.05, 3.63) is 71.0 Å². The van der Waals surface area contributed by atoms with E-state index in [1.165, 1.54) is 24.3 Å². The normalized spacial score (nSPS) is 16.1. The summed E-state index contributed by atoms with van der Waals surface area (Å²) in [6.45, 7) is 6.77. The molecule has 0 spiro atoms. The molecule has 0 bridgehead atoms. The van der Waals surface area contributed by atoms with E-state index in [2.05, 4.69) is 10.6 Å². The molecule has 0 unspecified atom stereocenters. The van der Waals surface area contributed by atoms with Gasteiger partial charge >= 0.3 is 0 Å². The van der Waals surface area contributed by atoms with Gasteiger partial charge in [0.2, 0.25) is 5.91 Å². The molecule has 1 fully saturated rings. The van der Waals surface area contributed by atoms with E-state index >= 15 is 0 Å². The maximum Gasteiger partial charge on any atom is 0.253 e. The van der Waals surface area contributed by atoms with Crippen molar-refractivity contribution >= 4 is 17.7 Å². The lowest BCUT2D eigenvalue weighted by Gasteiger charge is -2.36. The molecule has 2 atom stereocenters. The minimum Gasteiger partial charge on any atom is -0.352 e. The van der Waals surface area contributed by atoms with Crippen LogP contribution in [0.4, 0.5) is 4.39 Å². The highest BCUT2D eigenvalue weighted by molar-refractivity contribution is 5.98. The molecule has 0 radical (unpaired) electrons. The van der Waals surface area contributed by atoms with Crippen LogP contribution in [0.3, 0.4) is 0 Å². The molecular formula is C26H32FN3O3. The van der Waals surface area contributed by atoms with E-state index < -0.39 is 6.04 Å². The zero-order chi connectivity index (χ0) is 24.0. The first kappa shape index (κ1) is 24.4. The number of nitrogens with zero attached hydrogens (tertiary/aromatic N) is 1. The van der Waals surface area contributed by atoms with Crippen LogP contribution < -0.4 is 10.6 Å².